The zero-order valence-electron chi connectivity index (χ0n) is 15.1. The summed E-state index contributed by atoms with van der Waals surface area (Å²) < 4.78 is 7.81. The van der Waals surface area contributed by atoms with Crippen LogP contribution in [0.2, 0.25) is 0 Å². The zero-order chi connectivity index (χ0) is 17.0. The number of hydrogen-bond donors (Lipinski definition) is 1. The van der Waals surface area contributed by atoms with Crippen molar-refractivity contribution in [2.45, 2.75) is 60.1 Å². The molecule has 0 saturated carbocycles. The molecule has 1 N–H and O–H groups in total. The molecule has 1 aliphatic rings. The first-order chi connectivity index (χ1) is 10.9. The van der Waals surface area contributed by atoms with Gasteiger partial charge < -0.3 is 10.1 Å². The van der Waals surface area contributed by atoms with Crippen molar-refractivity contribution in [1.29, 1.82) is 0 Å². The first kappa shape index (κ1) is 18.0. The third-order valence-electron chi connectivity index (χ3n) is 4.56. The fraction of sp³-hybridized carbons (Fsp3) is 0.778. The molecule has 5 heteroatoms. The predicted molar refractivity (Wildman–Crippen MR) is 91.4 cm³/mol. The molecule has 130 valence electrons. The molecule has 1 fully saturated rings. The van der Waals surface area contributed by atoms with Crippen molar-refractivity contribution in [3.05, 3.63) is 17.5 Å². The first-order valence-corrected chi connectivity index (χ1v) is 8.82. The summed E-state index contributed by atoms with van der Waals surface area (Å²) in [7, 11) is 0. The summed E-state index contributed by atoms with van der Waals surface area (Å²) in [6, 6.07) is 0. The van der Waals surface area contributed by atoms with E-state index in [-0.39, 0.29) is 12.0 Å². The number of nitrogens with zero attached hydrogens (tertiary/aromatic N) is 2. The maximum atomic E-state index is 12.5. The number of carbonyl (C=O) groups is 1. The number of nitrogens with one attached hydrogen (secondary N) is 1. The standard InChI is InChI=1S/C18H31N3O2/c1-12(2)11-21-14(5)16(10-20-21)18(22)19-9-15-7-6-8-23-17(15)13(3)4/h10,12-13,15,17H,6-9,11H2,1-5H3,(H,19,22). The summed E-state index contributed by atoms with van der Waals surface area (Å²) in [4.78, 5) is 12.5. The highest BCUT2D eigenvalue weighted by molar-refractivity contribution is 5.95. The Balaban J connectivity index is 1.95. The monoisotopic (exact) mass is 321 g/mol. The highest BCUT2D eigenvalue weighted by atomic mass is 16.5. The van der Waals surface area contributed by atoms with Gasteiger partial charge in [0, 0.05) is 31.3 Å². The van der Waals surface area contributed by atoms with E-state index in [0.29, 0.717) is 29.9 Å². The van der Waals surface area contributed by atoms with Gasteiger partial charge in [-0.25, -0.2) is 0 Å². The molecule has 23 heavy (non-hydrogen) atoms. The van der Waals surface area contributed by atoms with Crippen LogP contribution < -0.4 is 5.32 Å². The number of carbonyl (C=O) groups excluding carboxylic acids is 1. The molecule has 0 radical (unpaired) electrons. The molecular formula is C18H31N3O2. The molecule has 0 bridgehead atoms. The van der Waals surface area contributed by atoms with Gasteiger partial charge in [0.1, 0.15) is 0 Å². The molecule has 0 aliphatic carbocycles. The fourth-order valence-corrected chi connectivity index (χ4v) is 3.34. The van der Waals surface area contributed by atoms with Gasteiger partial charge in [-0.05, 0) is 31.6 Å². The minimum Gasteiger partial charge on any atom is -0.378 e. The van der Waals surface area contributed by atoms with Gasteiger partial charge in [-0.15, -0.1) is 0 Å². The van der Waals surface area contributed by atoms with Crippen LogP contribution >= 0.6 is 0 Å². The highest BCUT2D eigenvalue weighted by Crippen LogP contribution is 2.25. The lowest BCUT2D eigenvalue weighted by atomic mass is 9.87. The summed E-state index contributed by atoms with van der Waals surface area (Å²) in [6.45, 7) is 13.0. The lowest BCUT2D eigenvalue weighted by molar-refractivity contribution is -0.0510. The van der Waals surface area contributed by atoms with Crippen molar-refractivity contribution >= 4 is 5.91 Å². The molecule has 2 rings (SSSR count). The maximum Gasteiger partial charge on any atom is 0.254 e. The number of hydrogen-bond acceptors (Lipinski definition) is 3. The Morgan fingerprint density at radius 3 is 2.83 bits per heavy atom. The number of ether oxygens (including phenoxy) is 1. The van der Waals surface area contributed by atoms with E-state index in [2.05, 4.69) is 38.1 Å². The van der Waals surface area contributed by atoms with E-state index in [1.807, 2.05) is 11.6 Å². The molecular weight excluding hydrogens is 290 g/mol. The van der Waals surface area contributed by atoms with Gasteiger partial charge in [0.15, 0.2) is 0 Å². The Morgan fingerprint density at radius 1 is 1.43 bits per heavy atom. The SMILES string of the molecule is Cc1c(C(=O)NCC2CCCOC2C(C)C)cnn1CC(C)C. The minimum absolute atomic E-state index is 0.0226. The Hall–Kier alpha value is -1.36. The van der Waals surface area contributed by atoms with Crippen molar-refractivity contribution in [1.82, 2.24) is 15.1 Å². The van der Waals surface area contributed by atoms with Crippen LogP contribution in [0, 0.1) is 24.7 Å². The minimum atomic E-state index is -0.0226. The summed E-state index contributed by atoms with van der Waals surface area (Å²) >= 11 is 0. The molecule has 2 unspecified atom stereocenters. The van der Waals surface area contributed by atoms with E-state index in [1.165, 1.54) is 0 Å². The second-order valence-corrected chi connectivity index (χ2v) is 7.41. The Kier molecular flexibility index (Phi) is 6.22. The molecule has 1 saturated heterocycles. The van der Waals surface area contributed by atoms with Gasteiger partial charge in [0.25, 0.3) is 5.91 Å². The second-order valence-electron chi connectivity index (χ2n) is 7.41. The summed E-state index contributed by atoms with van der Waals surface area (Å²) in [5.74, 6) is 1.37. The molecule has 1 aliphatic heterocycles. The van der Waals surface area contributed by atoms with Crippen LogP contribution in [-0.2, 0) is 11.3 Å². The topological polar surface area (TPSA) is 56.1 Å². The van der Waals surface area contributed by atoms with Gasteiger partial charge in [0.2, 0.25) is 0 Å². The molecule has 1 aromatic heterocycles. The van der Waals surface area contributed by atoms with Crippen LogP contribution in [0.1, 0.15) is 56.6 Å². The smallest absolute Gasteiger partial charge is 0.254 e. The quantitative estimate of drug-likeness (QED) is 0.876. The van der Waals surface area contributed by atoms with Gasteiger partial charge in [0.05, 0.1) is 17.9 Å². The van der Waals surface area contributed by atoms with Crippen LogP contribution in [0.5, 0.6) is 0 Å². The van der Waals surface area contributed by atoms with Crippen molar-refractivity contribution in [2.75, 3.05) is 13.2 Å². The van der Waals surface area contributed by atoms with E-state index < -0.39 is 0 Å². The summed E-state index contributed by atoms with van der Waals surface area (Å²) in [5, 5.41) is 7.43. The van der Waals surface area contributed by atoms with Gasteiger partial charge >= 0.3 is 0 Å². The molecule has 0 spiro atoms. The average molecular weight is 321 g/mol. The number of amides is 1. The largest absolute Gasteiger partial charge is 0.378 e. The van der Waals surface area contributed by atoms with Gasteiger partial charge in [-0.1, -0.05) is 27.7 Å². The third kappa shape index (κ3) is 4.56. The van der Waals surface area contributed by atoms with E-state index >= 15 is 0 Å². The molecule has 2 heterocycles. The van der Waals surface area contributed by atoms with E-state index in [4.69, 9.17) is 4.74 Å². The zero-order valence-corrected chi connectivity index (χ0v) is 15.1. The normalized spacial score (nSPS) is 21.9. The van der Waals surface area contributed by atoms with Crippen LogP contribution in [-0.4, -0.2) is 34.9 Å². The molecule has 0 aromatic carbocycles. The van der Waals surface area contributed by atoms with Crippen LogP contribution in [0.3, 0.4) is 0 Å². The van der Waals surface area contributed by atoms with Crippen molar-refractivity contribution in [3.63, 3.8) is 0 Å². The van der Waals surface area contributed by atoms with Crippen molar-refractivity contribution < 1.29 is 9.53 Å². The van der Waals surface area contributed by atoms with E-state index in [1.54, 1.807) is 6.20 Å². The van der Waals surface area contributed by atoms with Crippen LogP contribution in [0.25, 0.3) is 0 Å². The average Bonchev–Trinajstić information content (AvgIpc) is 2.85. The van der Waals surface area contributed by atoms with E-state index in [0.717, 1.165) is 31.7 Å². The predicted octanol–water partition coefficient (Wildman–Crippen LogP) is 3.03. The molecule has 1 amide bonds. The summed E-state index contributed by atoms with van der Waals surface area (Å²) in [6.07, 6.45) is 4.13. The lowest BCUT2D eigenvalue weighted by Crippen LogP contribution is -2.41. The number of rotatable bonds is 6. The molecule has 2 atom stereocenters. The lowest BCUT2D eigenvalue weighted by Gasteiger charge is -2.34. The van der Waals surface area contributed by atoms with E-state index in [9.17, 15) is 4.79 Å². The van der Waals surface area contributed by atoms with Gasteiger partial charge in [-0.3, -0.25) is 9.48 Å². The number of aromatic nitrogens is 2. The van der Waals surface area contributed by atoms with Crippen LogP contribution in [0.15, 0.2) is 6.20 Å². The first-order valence-electron chi connectivity index (χ1n) is 8.82. The fourth-order valence-electron chi connectivity index (χ4n) is 3.34. The summed E-state index contributed by atoms with van der Waals surface area (Å²) in [5.41, 5.74) is 1.62. The Bertz CT molecular complexity index is 522. The van der Waals surface area contributed by atoms with Crippen molar-refractivity contribution in [2.24, 2.45) is 17.8 Å². The Morgan fingerprint density at radius 2 is 2.17 bits per heavy atom. The highest BCUT2D eigenvalue weighted by Gasteiger charge is 2.29. The third-order valence-corrected chi connectivity index (χ3v) is 4.56. The van der Waals surface area contributed by atoms with Crippen molar-refractivity contribution in [3.8, 4) is 0 Å². The van der Waals surface area contributed by atoms with Gasteiger partial charge in [-0.2, -0.15) is 5.10 Å². The Labute approximate surface area is 139 Å². The van der Waals surface area contributed by atoms with Crippen LogP contribution in [0.4, 0.5) is 0 Å². The molecule has 5 nitrogen and oxygen atoms in total. The molecule has 1 aromatic rings. The maximum absolute atomic E-state index is 12.5. The second kappa shape index (κ2) is 7.95.